The zero-order valence-corrected chi connectivity index (χ0v) is 18.0. The molecule has 4 rings (SSSR count). The average Bonchev–Trinajstić information content (AvgIpc) is 2.82. The van der Waals surface area contributed by atoms with E-state index in [-0.39, 0.29) is 0 Å². The Balaban J connectivity index is 1.37. The molecule has 0 aromatic heterocycles. The zero-order valence-electron chi connectivity index (χ0n) is 18.0. The Kier molecular flexibility index (Phi) is 6.75. The summed E-state index contributed by atoms with van der Waals surface area (Å²) < 4.78 is 39.8. The van der Waals surface area contributed by atoms with Gasteiger partial charge in [0.25, 0.3) is 0 Å². The van der Waals surface area contributed by atoms with Crippen molar-refractivity contribution in [3.63, 3.8) is 0 Å². The molecule has 3 heteroatoms. The van der Waals surface area contributed by atoms with E-state index < -0.39 is 17.5 Å². The van der Waals surface area contributed by atoms with Crippen LogP contribution in [0.5, 0.6) is 0 Å². The standard InChI is InChI=1S/C29H25F3/c1-20(24-5-3-2-4-6-24)17-22-11-15-26(16-12-22)25-13-9-21(10-14-25)7-8-23-18-27(30)29(32)28(31)19-23/h2-6,9-16,18-20H,7-8,17H2,1H3/t20-/m0/s1. The maximum Gasteiger partial charge on any atom is 0.194 e. The van der Waals surface area contributed by atoms with Gasteiger partial charge >= 0.3 is 0 Å². The van der Waals surface area contributed by atoms with Gasteiger partial charge in [0.1, 0.15) is 0 Å². The van der Waals surface area contributed by atoms with Crippen molar-refractivity contribution >= 4 is 0 Å². The van der Waals surface area contributed by atoms with Gasteiger partial charge in [-0.1, -0.05) is 85.8 Å². The lowest BCUT2D eigenvalue weighted by Gasteiger charge is -2.12. The van der Waals surface area contributed by atoms with Crippen LogP contribution < -0.4 is 0 Å². The molecule has 0 spiro atoms. The van der Waals surface area contributed by atoms with Gasteiger partial charge < -0.3 is 0 Å². The van der Waals surface area contributed by atoms with Crippen LogP contribution in [0, 0.1) is 17.5 Å². The first-order valence-corrected chi connectivity index (χ1v) is 10.9. The summed E-state index contributed by atoms with van der Waals surface area (Å²) in [7, 11) is 0. The summed E-state index contributed by atoms with van der Waals surface area (Å²) in [5, 5.41) is 0. The molecule has 0 radical (unpaired) electrons. The van der Waals surface area contributed by atoms with Crippen molar-refractivity contribution in [2.75, 3.05) is 0 Å². The molecule has 0 bridgehead atoms. The summed E-state index contributed by atoms with van der Waals surface area (Å²) >= 11 is 0. The van der Waals surface area contributed by atoms with Gasteiger partial charge in [-0.15, -0.1) is 0 Å². The topological polar surface area (TPSA) is 0 Å². The summed E-state index contributed by atoms with van der Waals surface area (Å²) in [6, 6.07) is 29.5. The molecule has 0 N–H and O–H groups in total. The second-order valence-electron chi connectivity index (χ2n) is 8.28. The van der Waals surface area contributed by atoms with E-state index in [1.165, 1.54) is 11.1 Å². The third kappa shape index (κ3) is 5.28. The summed E-state index contributed by atoms with van der Waals surface area (Å²) in [4.78, 5) is 0. The lowest BCUT2D eigenvalue weighted by molar-refractivity contribution is 0.445. The highest BCUT2D eigenvalue weighted by Gasteiger charge is 2.11. The summed E-state index contributed by atoms with van der Waals surface area (Å²) in [5.41, 5.74) is 6.43. The number of aryl methyl sites for hydroxylation is 2. The first kappa shape index (κ1) is 21.9. The highest BCUT2D eigenvalue weighted by Crippen LogP contribution is 2.24. The maximum atomic E-state index is 13.4. The van der Waals surface area contributed by atoms with Crippen molar-refractivity contribution < 1.29 is 13.2 Å². The predicted molar refractivity (Wildman–Crippen MR) is 124 cm³/mol. The van der Waals surface area contributed by atoms with Gasteiger partial charge in [-0.25, -0.2) is 13.2 Å². The summed E-state index contributed by atoms with van der Waals surface area (Å²) in [6.45, 7) is 2.25. The van der Waals surface area contributed by atoms with Gasteiger partial charge in [-0.3, -0.25) is 0 Å². The molecule has 0 unspecified atom stereocenters. The molecule has 4 aromatic rings. The van der Waals surface area contributed by atoms with Crippen LogP contribution in [0.4, 0.5) is 13.2 Å². The fourth-order valence-corrected chi connectivity index (χ4v) is 3.99. The van der Waals surface area contributed by atoms with Crippen molar-refractivity contribution in [1.82, 2.24) is 0 Å². The minimum atomic E-state index is -1.42. The Bertz CT molecular complexity index is 1140. The number of halogens is 3. The van der Waals surface area contributed by atoms with Crippen LogP contribution in [-0.2, 0) is 19.3 Å². The minimum absolute atomic E-state index is 0.446. The van der Waals surface area contributed by atoms with Crippen LogP contribution in [0.15, 0.2) is 91.0 Å². The summed E-state index contributed by atoms with van der Waals surface area (Å²) in [5.74, 6) is -3.24. The number of rotatable bonds is 7. The average molecular weight is 431 g/mol. The third-order valence-corrected chi connectivity index (χ3v) is 5.90. The monoisotopic (exact) mass is 430 g/mol. The molecule has 0 saturated heterocycles. The van der Waals surface area contributed by atoms with Gasteiger partial charge in [0.05, 0.1) is 0 Å². The molecule has 0 amide bonds. The highest BCUT2D eigenvalue weighted by atomic mass is 19.2. The molecular formula is C29H25F3. The summed E-state index contributed by atoms with van der Waals surface area (Å²) in [6.07, 6.45) is 2.07. The second kappa shape index (κ2) is 9.86. The van der Waals surface area contributed by atoms with Gasteiger partial charge in [-0.2, -0.15) is 0 Å². The molecule has 0 saturated carbocycles. The first-order valence-electron chi connectivity index (χ1n) is 10.9. The lowest BCUT2D eigenvalue weighted by Crippen LogP contribution is -1.98. The molecule has 162 valence electrons. The fourth-order valence-electron chi connectivity index (χ4n) is 3.99. The van der Waals surface area contributed by atoms with Crippen molar-refractivity contribution in [2.24, 2.45) is 0 Å². The number of hydrogen-bond acceptors (Lipinski definition) is 0. The Labute approximate surface area is 187 Å². The Morgan fingerprint density at radius 3 is 1.66 bits per heavy atom. The van der Waals surface area contributed by atoms with Gasteiger partial charge in [0.2, 0.25) is 0 Å². The van der Waals surface area contributed by atoms with E-state index in [0.29, 0.717) is 24.3 Å². The van der Waals surface area contributed by atoms with Crippen LogP contribution in [0.25, 0.3) is 11.1 Å². The van der Waals surface area contributed by atoms with E-state index >= 15 is 0 Å². The SMILES string of the molecule is C[C@@H](Cc1ccc(-c2ccc(CCc3cc(F)c(F)c(F)c3)cc2)cc1)c1ccccc1. The molecule has 0 heterocycles. The number of benzene rings is 4. The van der Waals surface area contributed by atoms with Crippen LogP contribution in [0.1, 0.15) is 35.1 Å². The Morgan fingerprint density at radius 1 is 0.594 bits per heavy atom. The minimum Gasteiger partial charge on any atom is -0.204 e. The van der Waals surface area contributed by atoms with E-state index in [0.717, 1.165) is 35.2 Å². The van der Waals surface area contributed by atoms with E-state index in [1.807, 2.05) is 18.2 Å². The van der Waals surface area contributed by atoms with Crippen molar-refractivity contribution in [2.45, 2.75) is 32.1 Å². The van der Waals surface area contributed by atoms with Gasteiger partial charge in [0, 0.05) is 0 Å². The van der Waals surface area contributed by atoms with Crippen molar-refractivity contribution in [1.29, 1.82) is 0 Å². The van der Waals surface area contributed by atoms with E-state index in [9.17, 15) is 13.2 Å². The van der Waals surface area contributed by atoms with Crippen LogP contribution in [-0.4, -0.2) is 0 Å². The van der Waals surface area contributed by atoms with Crippen LogP contribution in [0.2, 0.25) is 0 Å². The first-order chi connectivity index (χ1) is 15.5. The van der Waals surface area contributed by atoms with Crippen LogP contribution >= 0.6 is 0 Å². The van der Waals surface area contributed by atoms with Crippen LogP contribution in [0.3, 0.4) is 0 Å². The molecule has 4 aromatic carbocycles. The van der Waals surface area contributed by atoms with E-state index in [1.54, 1.807) is 0 Å². The molecule has 0 aliphatic rings. The molecular weight excluding hydrogens is 405 g/mol. The lowest BCUT2D eigenvalue weighted by atomic mass is 9.93. The zero-order chi connectivity index (χ0) is 22.5. The predicted octanol–water partition coefficient (Wildman–Crippen LogP) is 7.90. The largest absolute Gasteiger partial charge is 0.204 e. The Hall–Kier alpha value is -3.33. The highest BCUT2D eigenvalue weighted by molar-refractivity contribution is 5.64. The molecule has 0 fully saturated rings. The molecule has 32 heavy (non-hydrogen) atoms. The second-order valence-corrected chi connectivity index (χ2v) is 8.28. The third-order valence-electron chi connectivity index (χ3n) is 5.90. The number of hydrogen-bond donors (Lipinski definition) is 0. The Morgan fingerprint density at radius 2 is 1.09 bits per heavy atom. The molecule has 1 atom stereocenters. The fraction of sp³-hybridized carbons (Fsp3) is 0.172. The molecule has 0 aliphatic carbocycles. The van der Waals surface area contributed by atoms with E-state index in [2.05, 4.69) is 67.6 Å². The van der Waals surface area contributed by atoms with Crippen molar-refractivity contribution in [3.8, 4) is 11.1 Å². The quantitative estimate of drug-likeness (QED) is 0.261. The van der Waals surface area contributed by atoms with Gasteiger partial charge in [-0.05, 0) is 70.7 Å². The molecule has 0 aliphatic heterocycles. The molecule has 0 nitrogen and oxygen atoms in total. The van der Waals surface area contributed by atoms with Crippen molar-refractivity contribution in [3.05, 3.63) is 131 Å². The van der Waals surface area contributed by atoms with Gasteiger partial charge in [0.15, 0.2) is 17.5 Å². The normalized spacial score (nSPS) is 12.0. The maximum absolute atomic E-state index is 13.4. The smallest absolute Gasteiger partial charge is 0.194 e. The van der Waals surface area contributed by atoms with E-state index in [4.69, 9.17) is 0 Å².